The van der Waals surface area contributed by atoms with Gasteiger partial charge in [-0.3, -0.25) is 0 Å². The zero-order valence-electron chi connectivity index (χ0n) is 9.27. The molecule has 0 saturated heterocycles. The fourth-order valence-electron chi connectivity index (χ4n) is 3.39. The van der Waals surface area contributed by atoms with Crippen molar-refractivity contribution in [3.05, 3.63) is 11.6 Å². The van der Waals surface area contributed by atoms with Crippen LogP contribution in [-0.2, 0) is 0 Å². The van der Waals surface area contributed by atoms with E-state index in [-0.39, 0.29) is 0 Å². The Morgan fingerprint density at radius 1 is 1.54 bits per heavy atom. The van der Waals surface area contributed by atoms with Gasteiger partial charge in [-0.25, -0.2) is 0 Å². The van der Waals surface area contributed by atoms with E-state index in [1.807, 2.05) is 0 Å². The first-order valence-corrected chi connectivity index (χ1v) is 5.81. The summed E-state index contributed by atoms with van der Waals surface area (Å²) in [7, 11) is 0. The summed E-state index contributed by atoms with van der Waals surface area (Å²) in [5.74, 6) is 1.86. The van der Waals surface area contributed by atoms with Gasteiger partial charge in [-0.1, -0.05) is 38.8 Å². The second kappa shape index (κ2) is 3.15. The van der Waals surface area contributed by atoms with Gasteiger partial charge >= 0.3 is 0 Å². The molecule has 0 aromatic rings. The van der Waals surface area contributed by atoms with Crippen LogP contribution in [0.2, 0.25) is 0 Å². The molecule has 1 fully saturated rings. The van der Waals surface area contributed by atoms with E-state index < -0.39 is 0 Å². The van der Waals surface area contributed by atoms with Gasteiger partial charge in [0.15, 0.2) is 0 Å². The topological polar surface area (TPSA) is 0 Å². The smallest absolute Gasteiger partial charge is 0.0257 e. The predicted molar refractivity (Wildman–Crippen MR) is 57.6 cm³/mol. The molecule has 0 aromatic heterocycles. The van der Waals surface area contributed by atoms with E-state index >= 15 is 0 Å². The minimum absolute atomic E-state index is 0.634. The van der Waals surface area contributed by atoms with Crippen LogP contribution in [0.3, 0.4) is 0 Å². The SMILES string of the molecule is CCC1(C)CC2=CC(C)CC(C2)C1. The van der Waals surface area contributed by atoms with Crippen LogP contribution < -0.4 is 0 Å². The zero-order valence-corrected chi connectivity index (χ0v) is 9.27. The van der Waals surface area contributed by atoms with Crippen molar-refractivity contribution in [1.82, 2.24) is 0 Å². The third kappa shape index (κ3) is 1.82. The van der Waals surface area contributed by atoms with E-state index in [9.17, 15) is 0 Å². The molecule has 2 rings (SSSR count). The molecule has 3 atom stereocenters. The van der Waals surface area contributed by atoms with Crippen molar-refractivity contribution < 1.29 is 0 Å². The number of allylic oxidation sites excluding steroid dienone is 2. The monoisotopic (exact) mass is 178 g/mol. The number of fused-ring (bicyclic) bond motifs is 2. The highest BCUT2D eigenvalue weighted by molar-refractivity contribution is 5.15. The van der Waals surface area contributed by atoms with Crippen LogP contribution >= 0.6 is 0 Å². The summed E-state index contributed by atoms with van der Waals surface area (Å²) >= 11 is 0. The van der Waals surface area contributed by atoms with Crippen LogP contribution in [0.25, 0.3) is 0 Å². The van der Waals surface area contributed by atoms with Crippen molar-refractivity contribution in [2.75, 3.05) is 0 Å². The average Bonchev–Trinajstić information content (AvgIpc) is 2.01. The minimum atomic E-state index is 0.634. The second-order valence-corrected chi connectivity index (χ2v) is 5.65. The van der Waals surface area contributed by atoms with Gasteiger partial charge in [-0.05, 0) is 42.9 Å². The van der Waals surface area contributed by atoms with E-state index in [0.29, 0.717) is 5.41 Å². The number of hydrogen-bond donors (Lipinski definition) is 0. The third-order valence-electron chi connectivity index (χ3n) is 4.07. The lowest BCUT2D eigenvalue weighted by atomic mass is 9.63. The molecule has 13 heavy (non-hydrogen) atoms. The van der Waals surface area contributed by atoms with Gasteiger partial charge in [-0.2, -0.15) is 0 Å². The van der Waals surface area contributed by atoms with Gasteiger partial charge in [0.1, 0.15) is 0 Å². The fourth-order valence-corrected chi connectivity index (χ4v) is 3.39. The molecule has 0 radical (unpaired) electrons. The normalized spacial score (nSPS) is 44.4. The molecule has 0 heteroatoms. The molecular formula is C13H22. The molecular weight excluding hydrogens is 156 g/mol. The van der Waals surface area contributed by atoms with E-state index in [1.165, 1.54) is 32.1 Å². The minimum Gasteiger partial charge on any atom is -0.0824 e. The highest BCUT2D eigenvalue weighted by Crippen LogP contribution is 2.48. The Labute approximate surface area is 82.4 Å². The van der Waals surface area contributed by atoms with Crippen LogP contribution in [0.4, 0.5) is 0 Å². The summed E-state index contributed by atoms with van der Waals surface area (Å²) in [5, 5.41) is 0. The highest BCUT2D eigenvalue weighted by Gasteiger charge is 2.35. The lowest BCUT2D eigenvalue weighted by molar-refractivity contribution is 0.166. The summed E-state index contributed by atoms with van der Waals surface area (Å²) < 4.78 is 0. The molecule has 74 valence electrons. The zero-order chi connectivity index (χ0) is 9.47. The van der Waals surface area contributed by atoms with Gasteiger partial charge in [0.25, 0.3) is 0 Å². The number of hydrogen-bond acceptors (Lipinski definition) is 0. The third-order valence-corrected chi connectivity index (χ3v) is 4.07. The standard InChI is InChI=1S/C13H22/c1-4-13(3)8-11-5-10(2)6-12(7-11)9-13/h5,10,12H,4,6-9H2,1-3H3. The lowest BCUT2D eigenvalue weighted by Gasteiger charge is -2.42. The Balaban J connectivity index is 2.17. The van der Waals surface area contributed by atoms with Crippen molar-refractivity contribution in [3.63, 3.8) is 0 Å². The summed E-state index contributed by atoms with van der Waals surface area (Å²) in [5.41, 5.74) is 2.40. The summed E-state index contributed by atoms with van der Waals surface area (Å²) in [6.45, 7) is 7.20. The van der Waals surface area contributed by atoms with Crippen LogP contribution in [-0.4, -0.2) is 0 Å². The Morgan fingerprint density at radius 2 is 2.31 bits per heavy atom. The van der Waals surface area contributed by atoms with Gasteiger partial charge in [0, 0.05) is 0 Å². The van der Waals surface area contributed by atoms with Crippen molar-refractivity contribution in [1.29, 1.82) is 0 Å². The maximum Gasteiger partial charge on any atom is -0.0257 e. The second-order valence-electron chi connectivity index (χ2n) is 5.65. The first-order valence-electron chi connectivity index (χ1n) is 5.81. The van der Waals surface area contributed by atoms with E-state index in [4.69, 9.17) is 0 Å². The maximum absolute atomic E-state index is 2.55. The fraction of sp³-hybridized carbons (Fsp3) is 0.846. The molecule has 1 saturated carbocycles. The molecule has 2 aliphatic rings. The van der Waals surface area contributed by atoms with Crippen molar-refractivity contribution >= 4 is 0 Å². The molecule has 3 unspecified atom stereocenters. The Kier molecular flexibility index (Phi) is 2.25. The van der Waals surface area contributed by atoms with Crippen LogP contribution in [0, 0.1) is 17.3 Å². The van der Waals surface area contributed by atoms with Crippen molar-refractivity contribution in [2.24, 2.45) is 17.3 Å². The van der Waals surface area contributed by atoms with Gasteiger partial charge < -0.3 is 0 Å². The largest absolute Gasteiger partial charge is 0.0824 e. The van der Waals surface area contributed by atoms with Gasteiger partial charge in [-0.15, -0.1) is 0 Å². The van der Waals surface area contributed by atoms with Crippen molar-refractivity contribution in [2.45, 2.75) is 52.9 Å². The molecule has 0 nitrogen and oxygen atoms in total. The predicted octanol–water partition coefficient (Wildman–Crippen LogP) is 4.17. The first-order chi connectivity index (χ1) is 6.11. The molecule has 0 heterocycles. The van der Waals surface area contributed by atoms with Crippen LogP contribution in [0.5, 0.6) is 0 Å². The molecule has 0 aliphatic heterocycles. The van der Waals surface area contributed by atoms with E-state index in [2.05, 4.69) is 26.8 Å². The van der Waals surface area contributed by atoms with E-state index in [0.717, 1.165) is 11.8 Å². The molecule has 0 aromatic carbocycles. The molecule has 2 bridgehead atoms. The lowest BCUT2D eigenvalue weighted by Crippen LogP contribution is -2.30. The Bertz CT molecular complexity index is 226. The van der Waals surface area contributed by atoms with Crippen LogP contribution in [0.15, 0.2) is 11.6 Å². The summed E-state index contributed by atoms with van der Waals surface area (Å²) in [6.07, 6.45) is 9.62. The maximum atomic E-state index is 2.55. The summed E-state index contributed by atoms with van der Waals surface area (Å²) in [6, 6.07) is 0. The number of rotatable bonds is 1. The average molecular weight is 178 g/mol. The Morgan fingerprint density at radius 3 is 2.92 bits per heavy atom. The van der Waals surface area contributed by atoms with Crippen molar-refractivity contribution in [3.8, 4) is 0 Å². The molecule has 2 aliphatic carbocycles. The first kappa shape index (κ1) is 9.30. The van der Waals surface area contributed by atoms with Crippen LogP contribution in [0.1, 0.15) is 52.9 Å². The van der Waals surface area contributed by atoms with E-state index in [1.54, 1.807) is 5.57 Å². The molecule has 0 amide bonds. The Hall–Kier alpha value is -0.260. The molecule has 0 N–H and O–H groups in total. The van der Waals surface area contributed by atoms with Gasteiger partial charge in [0.05, 0.1) is 0 Å². The summed E-state index contributed by atoms with van der Waals surface area (Å²) in [4.78, 5) is 0. The highest BCUT2D eigenvalue weighted by atomic mass is 14.4. The quantitative estimate of drug-likeness (QED) is 0.529. The van der Waals surface area contributed by atoms with Gasteiger partial charge in [0.2, 0.25) is 0 Å². The molecule has 0 spiro atoms.